The van der Waals surface area contributed by atoms with Crippen LogP contribution in [-0.4, -0.2) is 67.3 Å². The van der Waals surface area contributed by atoms with Crippen molar-refractivity contribution < 1.29 is 9.59 Å². The van der Waals surface area contributed by atoms with Gasteiger partial charge in [0.15, 0.2) is 5.78 Å². The zero-order chi connectivity index (χ0) is 11.5. The number of nitrogens with zero attached hydrogens (tertiary/aromatic N) is 2. The molecule has 2 fully saturated rings. The highest BCUT2D eigenvalue weighted by molar-refractivity contribution is 5.84. The largest absolute Gasteiger partial charge is 0.340 e. The van der Waals surface area contributed by atoms with Gasteiger partial charge in [0.1, 0.15) is 0 Å². The molecule has 0 spiro atoms. The smallest absolute Gasteiger partial charge is 0.219 e. The first-order valence-corrected chi connectivity index (χ1v) is 5.88. The third kappa shape index (κ3) is 2.59. The van der Waals surface area contributed by atoms with Gasteiger partial charge in [0.25, 0.3) is 0 Å². The van der Waals surface area contributed by atoms with Gasteiger partial charge in [-0.15, -0.1) is 0 Å². The molecule has 0 aromatic heterocycles. The number of rotatable bonds is 3. The van der Waals surface area contributed by atoms with Gasteiger partial charge in [-0.1, -0.05) is 0 Å². The topological polar surface area (TPSA) is 52.7 Å². The molecule has 0 saturated carbocycles. The van der Waals surface area contributed by atoms with E-state index in [1.165, 1.54) is 0 Å². The van der Waals surface area contributed by atoms with E-state index in [2.05, 4.69) is 10.2 Å². The molecule has 2 rings (SSSR count). The molecule has 5 heteroatoms. The number of piperazine rings is 1. The van der Waals surface area contributed by atoms with Crippen LogP contribution in [0.4, 0.5) is 0 Å². The maximum Gasteiger partial charge on any atom is 0.219 e. The van der Waals surface area contributed by atoms with Crippen LogP contribution in [0.3, 0.4) is 0 Å². The summed E-state index contributed by atoms with van der Waals surface area (Å²) in [4.78, 5) is 26.9. The molecule has 5 nitrogen and oxygen atoms in total. The van der Waals surface area contributed by atoms with Crippen molar-refractivity contribution in [3.05, 3.63) is 0 Å². The number of amides is 1. The van der Waals surface area contributed by atoms with Gasteiger partial charge in [0, 0.05) is 52.1 Å². The molecule has 2 saturated heterocycles. The highest BCUT2D eigenvalue weighted by Crippen LogP contribution is 2.08. The molecule has 2 aliphatic heterocycles. The molecule has 2 aliphatic rings. The van der Waals surface area contributed by atoms with Crippen molar-refractivity contribution >= 4 is 11.7 Å². The molecule has 0 atom stereocenters. The fraction of sp³-hybridized carbons (Fsp3) is 0.818. The van der Waals surface area contributed by atoms with Gasteiger partial charge in [0.05, 0.1) is 6.54 Å². The lowest BCUT2D eigenvalue weighted by atomic mass is 9.97. The van der Waals surface area contributed by atoms with Crippen LogP contribution < -0.4 is 5.32 Å². The third-order valence-electron chi connectivity index (χ3n) is 3.43. The van der Waals surface area contributed by atoms with E-state index >= 15 is 0 Å². The Bertz CT molecular complexity index is 281. The van der Waals surface area contributed by atoms with Crippen molar-refractivity contribution in [2.24, 2.45) is 5.92 Å². The number of hydrogen-bond donors (Lipinski definition) is 1. The first kappa shape index (κ1) is 11.5. The lowest BCUT2D eigenvalue weighted by Crippen LogP contribution is -2.53. The van der Waals surface area contributed by atoms with Gasteiger partial charge in [-0.25, -0.2) is 0 Å². The summed E-state index contributed by atoms with van der Waals surface area (Å²) in [6.45, 7) is 6.99. The number of ketones is 1. The summed E-state index contributed by atoms with van der Waals surface area (Å²) >= 11 is 0. The summed E-state index contributed by atoms with van der Waals surface area (Å²) < 4.78 is 0. The van der Waals surface area contributed by atoms with Crippen LogP contribution in [0.1, 0.15) is 6.92 Å². The van der Waals surface area contributed by atoms with Gasteiger partial charge < -0.3 is 10.2 Å². The van der Waals surface area contributed by atoms with E-state index in [4.69, 9.17) is 0 Å². The number of nitrogens with one attached hydrogen (secondary N) is 1. The number of carbonyl (C=O) groups excluding carboxylic acids is 2. The summed E-state index contributed by atoms with van der Waals surface area (Å²) in [5, 5.41) is 3.11. The summed E-state index contributed by atoms with van der Waals surface area (Å²) in [7, 11) is 0. The molecule has 0 bridgehead atoms. The van der Waals surface area contributed by atoms with Crippen molar-refractivity contribution in [3.8, 4) is 0 Å². The van der Waals surface area contributed by atoms with Crippen LogP contribution in [-0.2, 0) is 9.59 Å². The Kier molecular flexibility index (Phi) is 3.56. The van der Waals surface area contributed by atoms with Gasteiger partial charge >= 0.3 is 0 Å². The number of Topliss-reactive ketones (excluding diaryl/α,β-unsaturated/α-hetero) is 1. The first-order valence-electron chi connectivity index (χ1n) is 5.88. The van der Waals surface area contributed by atoms with Crippen molar-refractivity contribution in [2.45, 2.75) is 6.92 Å². The Morgan fingerprint density at radius 2 is 1.81 bits per heavy atom. The highest BCUT2D eigenvalue weighted by atomic mass is 16.2. The van der Waals surface area contributed by atoms with Crippen LogP contribution in [0.25, 0.3) is 0 Å². The lowest BCUT2D eigenvalue weighted by molar-refractivity contribution is -0.131. The van der Waals surface area contributed by atoms with E-state index < -0.39 is 0 Å². The van der Waals surface area contributed by atoms with E-state index in [0.717, 1.165) is 39.3 Å². The SMILES string of the molecule is CC(=O)N1CCN(CC(=O)C2CNC2)CC1. The molecule has 0 unspecified atom stereocenters. The van der Waals surface area contributed by atoms with Gasteiger partial charge in [-0.05, 0) is 0 Å². The lowest BCUT2D eigenvalue weighted by Gasteiger charge is -2.35. The van der Waals surface area contributed by atoms with Crippen molar-refractivity contribution in [1.29, 1.82) is 0 Å². The predicted molar refractivity (Wildman–Crippen MR) is 60.1 cm³/mol. The Labute approximate surface area is 95.8 Å². The minimum absolute atomic E-state index is 0.133. The molecule has 2 heterocycles. The minimum Gasteiger partial charge on any atom is -0.340 e. The summed E-state index contributed by atoms with van der Waals surface area (Å²) in [6.07, 6.45) is 0. The molecule has 90 valence electrons. The second-order valence-electron chi connectivity index (χ2n) is 4.60. The second kappa shape index (κ2) is 4.93. The normalized spacial score (nSPS) is 22.9. The van der Waals surface area contributed by atoms with Crippen LogP contribution in [0.5, 0.6) is 0 Å². The van der Waals surface area contributed by atoms with Crippen LogP contribution in [0, 0.1) is 5.92 Å². The fourth-order valence-electron chi connectivity index (χ4n) is 2.09. The zero-order valence-electron chi connectivity index (χ0n) is 9.74. The minimum atomic E-state index is 0.133. The molecular weight excluding hydrogens is 206 g/mol. The molecule has 0 radical (unpaired) electrons. The maximum absolute atomic E-state index is 11.7. The number of hydrogen-bond acceptors (Lipinski definition) is 4. The summed E-state index contributed by atoms with van der Waals surface area (Å²) in [6, 6.07) is 0. The predicted octanol–water partition coefficient (Wildman–Crippen LogP) is -1.06. The van der Waals surface area contributed by atoms with Gasteiger partial charge in [0.2, 0.25) is 5.91 Å². The van der Waals surface area contributed by atoms with Gasteiger partial charge in [-0.2, -0.15) is 0 Å². The fourth-order valence-corrected chi connectivity index (χ4v) is 2.09. The molecular formula is C11H19N3O2. The maximum atomic E-state index is 11.7. The van der Waals surface area contributed by atoms with Gasteiger partial charge in [-0.3, -0.25) is 14.5 Å². The third-order valence-corrected chi connectivity index (χ3v) is 3.43. The zero-order valence-corrected chi connectivity index (χ0v) is 9.74. The van der Waals surface area contributed by atoms with Crippen LogP contribution >= 0.6 is 0 Å². The Morgan fingerprint density at radius 3 is 2.25 bits per heavy atom. The highest BCUT2D eigenvalue weighted by Gasteiger charge is 2.27. The van der Waals surface area contributed by atoms with E-state index in [0.29, 0.717) is 12.3 Å². The molecule has 0 aliphatic carbocycles. The molecule has 1 N–H and O–H groups in total. The monoisotopic (exact) mass is 225 g/mol. The molecule has 16 heavy (non-hydrogen) atoms. The summed E-state index contributed by atoms with van der Waals surface area (Å²) in [5.74, 6) is 0.704. The second-order valence-corrected chi connectivity index (χ2v) is 4.60. The summed E-state index contributed by atoms with van der Waals surface area (Å²) in [5.41, 5.74) is 0. The Morgan fingerprint density at radius 1 is 1.19 bits per heavy atom. The van der Waals surface area contributed by atoms with Crippen molar-refractivity contribution in [2.75, 3.05) is 45.8 Å². The van der Waals surface area contributed by atoms with Crippen LogP contribution in [0.2, 0.25) is 0 Å². The van der Waals surface area contributed by atoms with E-state index in [1.807, 2.05) is 4.90 Å². The van der Waals surface area contributed by atoms with Crippen molar-refractivity contribution in [1.82, 2.24) is 15.1 Å². The standard InChI is InChI=1S/C11H19N3O2/c1-9(15)14-4-2-13(3-5-14)8-11(16)10-6-12-7-10/h10,12H,2-8H2,1H3. The van der Waals surface area contributed by atoms with Crippen molar-refractivity contribution in [3.63, 3.8) is 0 Å². The number of carbonyl (C=O) groups is 2. The van der Waals surface area contributed by atoms with E-state index in [1.54, 1.807) is 6.92 Å². The average Bonchev–Trinajstić information content (AvgIpc) is 2.15. The van der Waals surface area contributed by atoms with E-state index in [9.17, 15) is 9.59 Å². The Hall–Kier alpha value is -0.940. The molecule has 0 aromatic rings. The quantitative estimate of drug-likeness (QED) is 0.665. The van der Waals surface area contributed by atoms with E-state index in [-0.39, 0.29) is 11.8 Å². The average molecular weight is 225 g/mol. The molecule has 0 aromatic carbocycles. The first-order chi connectivity index (χ1) is 7.66. The Balaban J connectivity index is 1.72. The van der Waals surface area contributed by atoms with Crippen LogP contribution in [0.15, 0.2) is 0 Å². The molecule has 1 amide bonds.